The van der Waals surface area contributed by atoms with Crippen LogP contribution in [0.2, 0.25) is 0 Å². The van der Waals surface area contributed by atoms with Crippen molar-refractivity contribution in [3.8, 4) is 0 Å². The van der Waals surface area contributed by atoms with Gasteiger partial charge in [-0.25, -0.2) is 0 Å². The fourth-order valence-corrected chi connectivity index (χ4v) is 3.99. The number of amides is 2. The molecule has 0 N–H and O–H groups in total. The molecular weight excluding hydrogens is 316 g/mol. The van der Waals surface area contributed by atoms with Gasteiger partial charge in [0.2, 0.25) is 5.91 Å². The summed E-state index contributed by atoms with van der Waals surface area (Å²) < 4.78 is 5.67. The van der Waals surface area contributed by atoms with E-state index < -0.39 is 0 Å². The van der Waals surface area contributed by atoms with E-state index in [1.807, 2.05) is 29.2 Å². The molecule has 1 aliphatic heterocycles. The second-order valence-corrected chi connectivity index (χ2v) is 7.18. The number of rotatable bonds is 3. The first-order valence-corrected chi connectivity index (χ1v) is 9.26. The van der Waals surface area contributed by atoms with E-state index in [-0.39, 0.29) is 11.8 Å². The minimum absolute atomic E-state index is 0.0842. The van der Waals surface area contributed by atoms with Crippen molar-refractivity contribution in [3.05, 3.63) is 36.1 Å². The molecular formula is C20H24N2O3. The molecule has 0 atom stereocenters. The number of fused-ring (bicyclic) bond motifs is 1. The molecule has 1 saturated heterocycles. The summed E-state index contributed by atoms with van der Waals surface area (Å²) in [6.07, 6.45) is 5.58. The Bertz CT molecular complexity index is 735. The van der Waals surface area contributed by atoms with Gasteiger partial charge in [-0.05, 0) is 30.9 Å². The van der Waals surface area contributed by atoms with Crippen LogP contribution in [0.25, 0.3) is 11.0 Å². The van der Waals surface area contributed by atoms with Crippen LogP contribution < -0.4 is 0 Å². The summed E-state index contributed by atoms with van der Waals surface area (Å²) >= 11 is 0. The number of hydrogen-bond acceptors (Lipinski definition) is 3. The highest BCUT2D eigenvalue weighted by atomic mass is 16.3. The molecule has 0 spiro atoms. The fourth-order valence-electron chi connectivity index (χ4n) is 3.99. The van der Waals surface area contributed by atoms with Crippen LogP contribution in [0.5, 0.6) is 0 Å². The molecule has 2 fully saturated rings. The number of nitrogens with zero attached hydrogens (tertiary/aromatic N) is 2. The lowest BCUT2D eigenvalue weighted by atomic mass is 10.0. The van der Waals surface area contributed by atoms with E-state index in [1.165, 1.54) is 25.7 Å². The highest BCUT2D eigenvalue weighted by Crippen LogP contribution is 2.28. The van der Waals surface area contributed by atoms with Crippen LogP contribution in [-0.4, -0.2) is 47.8 Å². The predicted molar refractivity (Wildman–Crippen MR) is 95.3 cm³/mol. The van der Waals surface area contributed by atoms with E-state index in [2.05, 4.69) is 0 Å². The van der Waals surface area contributed by atoms with Crippen LogP contribution in [0.3, 0.4) is 0 Å². The first-order valence-electron chi connectivity index (χ1n) is 9.26. The van der Waals surface area contributed by atoms with Crippen molar-refractivity contribution >= 4 is 22.8 Å². The minimum Gasteiger partial charge on any atom is -0.451 e. The number of furan rings is 1. The average Bonchev–Trinajstić information content (AvgIpc) is 3.30. The third-order valence-electron chi connectivity index (χ3n) is 5.49. The van der Waals surface area contributed by atoms with E-state index >= 15 is 0 Å². The number of para-hydroxylation sites is 1. The highest BCUT2D eigenvalue weighted by molar-refractivity contribution is 5.96. The van der Waals surface area contributed by atoms with Crippen LogP contribution in [0.4, 0.5) is 0 Å². The first-order chi connectivity index (χ1) is 12.2. The van der Waals surface area contributed by atoms with Gasteiger partial charge in [-0.1, -0.05) is 31.0 Å². The molecule has 132 valence electrons. The van der Waals surface area contributed by atoms with Gasteiger partial charge < -0.3 is 14.2 Å². The molecule has 4 rings (SSSR count). The smallest absolute Gasteiger partial charge is 0.289 e. The molecule has 0 unspecified atom stereocenters. The molecule has 1 aromatic heterocycles. The standard InChI is InChI=1S/C20H24N2O3/c23-19(13-15-5-1-2-6-15)21-9-11-22(12-10-21)20(24)18-14-16-7-3-4-8-17(16)25-18/h3-4,7-8,14-15H,1-2,5-6,9-13H2. The fraction of sp³-hybridized carbons (Fsp3) is 0.500. The molecule has 1 saturated carbocycles. The first kappa shape index (κ1) is 16.2. The number of benzene rings is 1. The van der Waals surface area contributed by atoms with Crippen molar-refractivity contribution in [2.24, 2.45) is 5.92 Å². The van der Waals surface area contributed by atoms with Gasteiger partial charge >= 0.3 is 0 Å². The van der Waals surface area contributed by atoms with Crippen LogP contribution in [-0.2, 0) is 4.79 Å². The van der Waals surface area contributed by atoms with Gasteiger partial charge in [-0.3, -0.25) is 9.59 Å². The molecule has 5 heteroatoms. The topological polar surface area (TPSA) is 53.8 Å². The lowest BCUT2D eigenvalue weighted by molar-refractivity contribution is -0.133. The van der Waals surface area contributed by atoms with Crippen molar-refractivity contribution in [2.45, 2.75) is 32.1 Å². The Balaban J connectivity index is 1.34. The largest absolute Gasteiger partial charge is 0.451 e. The van der Waals surface area contributed by atoms with Crippen LogP contribution in [0, 0.1) is 5.92 Å². The minimum atomic E-state index is -0.0842. The average molecular weight is 340 g/mol. The third kappa shape index (κ3) is 3.41. The Morgan fingerprint density at radius 2 is 1.68 bits per heavy atom. The molecule has 2 aliphatic rings. The molecule has 1 aliphatic carbocycles. The zero-order valence-electron chi connectivity index (χ0n) is 14.4. The van der Waals surface area contributed by atoms with E-state index in [4.69, 9.17) is 4.42 Å². The van der Waals surface area contributed by atoms with Crippen LogP contribution in [0.15, 0.2) is 34.7 Å². The number of carbonyl (C=O) groups is 2. The zero-order valence-corrected chi connectivity index (χ0v) is 14.4. The normalized spacial score (nSPS) is 18.9. The van der Waals surface area contributed by atoms with Crippen molar-refractivity contribution in [3.63, 3.8) is 0 Å². The summed E-state index contributed by atoms with van der Waals surface area (Å²) in [5.74, 6) is 1.12. The Morgan fingerprint density at radius 1 is 1.00 bits per heavy atom. The maximum absolute atomic E-state index is 12.7. The van der Waals surface area contributed by atoms with Crippen molar-refractivity contribution in [2.75, 3.05) is 26.2 Å². The van der Waals surface area contributed by atoms with Crippen LogP contribution >= 0.6 is 0 Å². The lowest BCUT2D eigenvalue weighted by Crippen LogP contribution is -2.50. The quantitative estimate of drug-likeness (QED) is 0.861. The van der Waals surface area contributed by atoms with Gasteiger partial charge in [-0.2, -0.15) is 0 Å². The monoisotopic (exact) mass is 340 g/mol. The van der Waals surface area contributed by atoms with E-state index in [0.29, 0.717) is 44.3 Å². The van der Waals surface area contributed by atoms with E-state index in [9.17, 15) is 9.59 Å². The number of carbonyl (C=O) groups excluding carboxylic acids is 2. The molecule has 0 bridgehead atoms. The summed E-state index contributed by atoms with van der Waals surface area (Å²) in [4.78, 5) is 28.8. The Labute approximate surface area is 147 Å². The van der Waals surface area contributed by atoms with E-state index in [0.717, 1.165) is 11.0 Å². The van der Waals surface area contributed by atoms with Gasteiger partial charge in [0, 0.05) is 38.0 Å². The molecule has 0 radical (unpaired) electrons. The van der Waals surface area contributed by atoms with E-state index in [1.54, 1.807) is 11.0 Å². The molecule has 1 aromatic carbocycles. The van der Waals surface area contributed by atoms with Crippen LogP contribution in [0.1, 0.15) is 42.7 Å². The summed E-state index contributed by atoms with van der Waals surface area (Å²) in [7, 11) is 0. The number of piperazine rings is 1. The third-order valence-corrected chi connectivity index (χ3v) is 5.49. The molecule has 5 nitrogen and oxygen atoms in total. The Hall–Kier alpha value is -2.30. The summed E-state index contributed by atoms with van der Waals surface area (Å²) in [6.45, 7) is 2.40. The van der Waals surface area contributed by atoms with Crippen molar-refractivity contribution in [1.29, 1.82) is 0 Å². The van der Waals surface area contributed by atoms with Gasteiger partial charge in [0.05, 0.1) is 0 Å². The Morgan fingerprint density at radius 3 is 2.40 bits per heavy atom. The molecule has 2 aromatic rings. The van der Waals surface area contributed by atoms with Gasteiger partial charge in [0.15, 0.2) is 5.76 Å². The van der Waals surface area contributed by atoms with Gasteiger partial charge in [-0.15, -0.1) is 0 Å². The van der Waals surface area contributed by atoms with Gasteiger partial charge in [0.1, 0.15) is 5.58 Å². The Kier molecular flexibility index (Phi) is 4.47. The van der Waals surface area contributed by atoms with Crippen molar-refractivity contribution in [1.82, 2.24) is 9.80 Å². The van der Waals surface area contributed by atoms with Gasteiger partial charge in [0.25, 0.3) is 5.91 Å². The lowest BCUT2D eigenvalue weighted by Gasteiger charge is -2.34. The predicted octanol–water partition coefficient (Wildman–Crippen LogP) is 3.30. The summed E-state index contributed by atoms with van der Waals surface area (Å²) in [5.41, 5.74) is 0.733. The SMILES string of the molecule is O=C(CC1CCCC1)N1CCN(C(=O)c2cc3ccccc3o2)CC1. The highest BCUT2D eigenvalue weighted by Gasteiger charge is 2.28. The molecule has 25 heavy (non-hydrogen) atoms. The second-order valence-electron chi connectivity index (χ2n) is 7.18. The second kappa shape index (κ2) is 6.90. The number of hydrogen-bond donors (Lipinski definition) is 0. The maximum Gasteiger partial charge on any atom is 0.289 e. The summed E-state index contributed by atoms with van der Waals surface area (Å²) in [5, 5.41) is 0.941. The maximum atomic E-state index is 12.7. The zero-order chi connectivity index (χ0) is 17.2. The molecule has 2 heterocycles. The van der Waals surface area contributed by atoms with Crippen molar-refractivity contribution < 1.29 is 14.0 Å². The summed E-state index contributed by atoms with van der Waals surface area (Å²) in [6, 6.07) is 9.44. The molecule has 2 amide bonds.